The maximum atomic E-state index is 13.8. The number of aromatic hydroxyl groups is 1. The quantitative estimate of drug-likeness (QED) is 0.209. The predicted octanol–water partition coefficient (Wildman–Crippen LogP) is -0.0618. The summed E-state index contributed by atoms with van der Waals surface area (Å²) in [6.45, 7) is 0. The van der Waals surface area contributed by atoms with Crippen molar-refractivity contribution in [2.45, 2.75) is 24.5 Å². The van der Waals surface area contributed by atoms with Gasteiger partial charge in [-0.05, 0) is 38.4 Å². The zero-order valence-corrected chi connectivity index (χ0v) is 20.0. The summed E-state index contributed by atoms with van der Waals surface area (Å²) in [6, 6.07) is -0.0329. The highest BCUT2D eigenvalue weighted by atomic mass is 16.6. The van der Waals surface area contributed by atoms with Crippen LogP contribution in [0.25, 0.3) is 5.76 Å². The molecule has 0 saturated heterocycles. The molecule has 0 aliphatic heterocycles. The Hall–Kier alpha value is -3.97. The standard InChI is InChI=1S/C23H26N4O9/c1-25(2)11-7-12(27(35)36)17(28)14-9(11)5-8-6-10-16(26(3)4)19(30)15(22(24)33)21(32)23(10,34)20(31)13(8)18(14)29/h7-8,10,16,28-29,32,34H,5-6H2,1-4H3,(H2,24,33)/t8-,10-,16-,23-/m0/s1. The van der Waals surface area contributed by atoms with Gasteiger partial charge in [0.15, 0.2) is 11.4 Å². The first-order valence-electron chi connectivity index (χ1n) is 11.0. The number of carbonyl (C=O) groups excluding carboxylic acids is 3. The summed E-state index contributed by atoms with van der Waals surface area (Å²) in [6.07, 6.45) is -0.0377. The van der Waals surface area contributed by atoms with Crippen molar-refractivity contribution in [1.82, 2.24) is 4.90 Å². The van der Waals surface area contributed by atoms with Crippen LogP contribution in [0.5, 0.6) is 5.75 Å². The first-order chi connectivity index (χ1) is 16.7. The molecule has 1 saturated carbocycles. The molecule has 0 spiro atoms. The fourth-order valence-corrected chi connectivity index (χ4v) is 5.82. The Morgan fingerprint density at radius 1 is 1.19 bits per heavy atom. The number of phenolic OH excluding ortho intramolecular Hbond substituents is 1. The number of primary amides is 1. The summed E-state index contributed by atoms with van der Waals surface area (Å²) in [7, 11) is 6.25. The van der Waals surface area contributed by atoms with Crippen LogP contribution in [-0.2, 0) is 20.8 Å². The maximum absolute atomic E-state index is 13.8. The number of phenols is 1. The number of nitro groups is 1. The van der Waals surface area contributed by atoms with E-state index in [0.29, 0.717) is 11.3 Å². The number of aliphatic hydroxyl groups is 3. The van der Waals surface area contributed by atoms with Crippen molar-refractivity contribution in [3.8, 4) is 5.75 Å². The lowest BCUT2D eigenvalue weighted by Crippen LogP contribution is -2.65. The number of nitro benzene ring substituents is 1. The van der Waals surface area contributed by atoms with E-state index in [0.717, 1.165) is 6.07 Å². The third-order valence-corrected chi connectivity index (χ3v) is 7.36. The van der Waals surface area contributed by atoms with Crippen LogP contribution in [0.15, 0.2) is 23.0 Å². The van der Waals surface area contributed by atoms with Crippen molar-refractivity contribution in [3.05, 3.63) is 44.2 Å². The Morgan fingerprint density at radius 3 is 2.31 bits per heavy atom. The Morgan fingerprint density at radius 2 is 1.81 bits per heavy atom. The Bertz CT molecular complexity index is 1310. The number of carbonyl (C=O) groups is 3. The lowest BCUT2D eigenvalue weighted by molar-refractivity contribution is -0.385. The molecule has 3 aliphatic rings. The van der Waals surface area contributed by atoms with E-state index in [4.69, 9.17) is 5.73 Å². The number of Topliss-reactive ketones (excluding diaryl/α,β-unsaturated/α-hetero) is 2. The van der Waals surface area contributed by atoms with Gasteiger partial charge in [0, 0.05) is 37.3 Å². The molecule has 4 rings (SSSR count). The molecule has 6 N–H and O–H groups in total. The predicted molar refractivity (Wildman–Crippen MR) is 125 cm³/mol. The maximum Gasteiger partial charge on any atom is 0.313 e. The van der Waals surface area contributed by atoms with Gasteiger partial charge < -0.3 is 31.1 Å². The minimum atomic E-state index is -2.77. The Balaban J connectivity index is 2.03. The van der Waals surface area contributed by atoms with E-state index in [1.54, 1.807) is 19.0 Å². The molecule has 1 fully saturated rings. The highest BCUT2D eigenvalue weighted by molar-refractivity contribution is 6.24. The van der Waals surface area contributed by atoms with Crippen LogP contribution in [0.3, 0.4) is 0 Å². The van der Waals surface area contributed by atoms with Crippen molar-refractivity contribution >= 4 is 34.6 Å². The zero-order chi connectivity index (χ0) is 27.0. The van der Waals surface area contributed by atoms with Gasteiger partial charge in [0.1, 0.15) is 17.1 Å². The highest BCUT2D eigenvalue weighted by Gasteiger charge is 2.64. The number of nitrogens with two attached hydrogens (primary N) is 1. The lowest BCUT2D eigenvalue weighted by Gasteiger charge is -2.50. The van der Waals surface area contributed by atoms with Crippen molar-refractivity contribution < 1.29 is 39.7 Å². The van der Waals surface area contributed by atoms with E-state index < -0.39 is 74.4 Å². The average molecular weight is 502 g/mol. The van der Waals surface area contributed by atoms with Crippen LogP contribution in [-0.4, -0.2) is 87.6 Å². The molecule has 192 valence electrons. The molecule has 1 amide bonds. The normalized spacial score (nSPS) is 27.6. The van der Waals surface area contributed by atoms with Crippen LogP contribution in [0.4, 0.5) is 11.4 Å². The van der Waals surface area contributed by atoms with Crippen LogP contribution in [0, 0.1) is 22.0 Å². The molecule has 0 bridgehead atoms. The Labute approximate surface area is 204 Å². The van der Waals surface area contributed by atoms with Gasteiger partial charge in [0.25, 0.3) is 5.91 Å². The molecule has 13 nitrogen and oxygen atoms in total. The van der Waals surface area contributed by atoms with Crippen molar-refractivity contribution in [1.29, 1.82) is 0 Å². The van der Waals surface area contributed by atoms with Crippen LogP contribution < -0.4 is 10.6 Å². The molecular weight excluding hydrogens is 476 g/mol. The fraction of sp³-hybridized carbons (Fsp3) is 0.435. The van der Waals surface area contributed by atoms with Crippen molar-refractivity contribution in [2.24, 2.45) is 17.6 Å². The summed E-state index contributed by atoms with van der Waals surface area (Å²) in [5, 5.41) is 55.8. The summed E-state index contributed by atoms with van der Waals surface area (Å²) < 4.78 is 0. The molecular formula is C23H26N4O9. The summed E-state index contributed by atoms with van der Waals surface area (Å²) in [5.41, 5.74) is 0.875. The zero-order valence-electron chi connectivity index (χ0n) is 20.0. The number of hydrogen-bond donors (Lipinski definition) is 5. The monoisotopic (exact) mass is 502 g/mol. The second kappa shape index (κ2) is 8.03. The number of ketones is 2. The summed E-state index contributed by atoms with van der Waals surface area (Å²) >= 11 is 0. The number of amides is 1. The Kier molecular flexibility index (Phi) is 5.61. The van der Waals surface area contributed by atoms with Gasteiger partial charge in [-0.15, -0.1) is 0 Å². The van der Waals surface area contributed by atoms with Gasteiger partial charge in [0.05, 0.1) is 16.5 Å². The summed E-state index contributed by atoms with van der Waals surface area (Å²) in [5.74, 6) is -8.16. The SMILES string of the molecule is CN(C)c1cc([N+](=O)[O-])c(O)c2c1C[C@H]1C[C@H]3[C@H](N(C)C)C(=O)C(C(N)=O)=C(O)[C@@]3(O)C(=O)C1=C2O. The number of likely N-dealkylation sites (N-methyl/N-ethyl adjacent to an activating group) is 1. The van der Waals surface area contributed by atoms with Gasteiger partial charge >= 0.3 is 5.69 Å². The second-order valence-electron chi connectivity index (χ2n) is 9.73. The smallest absolute Gasteiger partial charge is 0.313 e. The third-order valence-electron chi connectivity index (χ3n) is 7.36. The molecule has 13 heteroatoms. The molecule has 0 unspecified atom stereocenters. The summed E-state index contributed by atoms with van der Waals surface area (Å²) in [4.78, 5) is 52.5. The number of benzene rings is 1. The van der Waals surface area contributed by atoms with E-state index in [-0.39, 0.29) is 24.0 Å². The minimum Gasteiger partial charge on any atom is -0.508 e. The highest BCUT2D eigenvalue weighted by Crippen LogP contribution is 2.54. The van der Waals surface area contributed by atoms with E-state index >= 15 is 0 Å². The van der Waals surface area contributed by atoms with Crippen molar-refractivity contribution in [2.75, 3.05) is 33.1 Å². The number of hydrogen-bond acceptors (Lipinski definition) is 11. The number of anilines is 1. The van der Waals surface area contributed by atoms with E-state index in [1.807, 2.05) is 0 Å². The molecule has 4 atom stereocenters. The minimum absolute atomic E-state index is 0.0353. The van der Waals surface area contributed by atoms with Crippen LogP contribution in [0.2, 0.25) is 0 Å². The van der Waals surface area contributed by atoms with Crippen molar-refractivity contribution in [3.63, 3.8) is 0 Å². The van der Waals surface area contributed by atoms with E-state index in [1.165, 1.54) is 19.0 Å². The molecule has 36 heavy (non-hydrogen) atoms. The van der Waals surface area contributed by atoms with Gasteiger partial charge in [0.2, 0.25) is 11.5 Å². The van der Waals surface area contributed by atoms with Gasteiger partial charge in [-0.2, -0.15) is 0 Å². The van der Waals surface area contributed by atoms with Gasteiger partial charge in [-0.1, -0.05) is 0 Å². The van der Waals surface area contributed by atoms with Gasteiger partial charge in [-0.25, -0.2) is 0 Å². The molecule has 0 radical (unpaired) electrons. The first-order valence-corrected chi connectivity index (χ1v) is 11.0. The number of nitrogens with zero attached hydrogens (tertiary/aromatic N) is 3. The van der Waals surface area contributed by atoms with E-state index in [9.17, 15) is 44.9 Å². The van der Waals surface area contributed by atoms with Crippen LogP contribution >= 0.6 is 0 Å². The third kappa shape index (κ3) is 3.12. The molecule has 1 aromatic carbocycles. The first kappa shape index (κ1) is 25.1. The molecule has 1 aromatic rings. The average Bonchev–Trinajstić information content (AvgIpc) is 2.75. The lowest BCUT2D eigenvalue weighted by atomic mass is 9.57. The number of rotatable bonds is 4. The van der Waals surface area contributed by atoms with E-state index in [2.05, 4.69) is 0 Å². The largest absolute Gasteiger partial charge is 0.508 e. The van der Waals surface area contributed by atoms with Gasteiger partial charge in [-0.3, -0.25) is 29.4 Å². The fourth-order valence-electron chi connectivity index (χ4n) is 5.82. The number of fused-ring (bicyclic) bond motifs is 3. The molecule has 0 heterocycles. The number of aliphatic hydroxyl groups excluding tert-OH is 2. The molecule has 3 aliphatic carbocycles. The topological polar surface area (TPSA) is 208 Å². The second-order valence-corrected chi connectivity index (χ2v) is 9.73. The molecule has 0 aromatic heterocycles. The van der Waals surface area contributed by atoms with Crippen LogP contribution in [0.1, 0.15) is 17.5 Å².